The lowest BCUT2D eigenvalue weighted by Crippen LogP contribution is -2.05. The molecule has 0 aliphatic carbocycles. The predicted octanol–water partition coefficient (Wildman–Crippen LogP) is 5.70. The van der Waals surface area contributed by atoms with Gasteiger partial charge in [-0.3, -0.25) is 0 Å². The SMILES string of the molecule is Fc1cccc(C(CCl)Cc2cccc(Cl)c2Cl)c1. The topological polar surface area (TPSA) is 0 Å². The molecule has 0 bridgehead atoms. The minimum absolute atomic E-state index is 0.00772. The van der Waals surface area contributed by atoms with Crippen molar-refractivity contribution in [1.29, 1.82) is 0 Å². The number of benzene rings is 2. The Morgan fingerprint density at radius 1 is 1.05 bits per heavy atom. The van der Waals surface area contributed by atoms with Crippen molar-refractivity contribution in [1.82, 2.24) is 0 Å². The average Bonchev–Trinajstić information content (AvgIpc) is 2.40. The average molecular weight is 318 g/mol. The molecule has 0 aromatic heterocycles. The van der Waals surface area contributed by atoms with E-state index >= 15 is 0 Å². The first-order valence-corrected chi connectivity index (χ1v) is 7.15. The van der Waals surface area contributed by atoms with Crippen LogP contribution in [0.15, 0.2) is 42.5 Å². The highest BCUT2D eigenvalue weighted by molar-refractivity contribution is 6.42. The van der Waals surface area contributed by atoms with Gasteiger partial charge in [-0.05, 0) is 35.7 Å². The van der Waals surface area contributed by atoms with E-state index in [2.05, 4.69) is 0 Å². The van der Waals surface area contributed by atoms with Crippen molar-refractivity contribution in [3.05, 3.63) is 69.5 Å². The second-order valence-corrected chi connectivity index (χ2v) is 5.42. The fraction of sp³-hybridized carbons (Fsp3) is 0.200. The van der Waals surface area contributed by atoms with E-state index in [1.54, 1.807) is 12.1 Å². The van der Waals surface area contributed by atoms with Crippen LogP contribution in [-0.2, 0) is 6.42 Å². The van der Waals surface area contributed by atoms with Crippen LogP contribution in [0.2, 0.25) is 10.0 Å². The van der Waals surface area contributed by atoms with Gasteiger partial charge >= 0.3 is 0 Å². The van der Waals surface area contributed by atoms with Gasteiger partial charge in [-0.2, -0.15) is 0 Å². The molecule has 2 rings (SSSR count). The maximum absolute atomic E-state index is 13.3. The second kappa shape index (κ2) is 6.60. The van der Waals surface area contributed by atoms with E-state index in [4.69, 9.17) is 34.8 Å². The molecule has 0 N–H and O–H groups in total. The molecule has 0 aliphatic rings. The zero-order valence-corrected chi connectivity index (χ0v) is 12.3. The van der Waals surface area contributed by atoms with E-state index < -0.39 is 0 Å². The molecule has 19 heavy (non-hydrogen) atoms. The van der Waals surface area contributed by atoms with Gasteiger partial charge in [0.2, 0.25) is 0 Å². The Hall–Kier alpha value is -0.760. The molecule has 0 heterocycles. The number of halogens is 4. The number of alkyl halides is 1. The standard InChI is InChI=1S/C15H12Cl3F/c16-9-12(10-3-1-5-13(19)8-10)7-11-4-2-6-14(17)15(11)18/h1-6,8,12H,7,9H2. The van der Waals surface area contributed by atoms with Crippen LogP contribution < -0.4 is 0 Å². The van der Waals surface area contributed by atoms with Crippen LogP contribution in [0, 0.1) is 5.82 Å². The first-order valence-electron chi connectivity index (χ1n) is 5.86. The molecule has 4 heteroatoms. The first kappa shape index (κ1) is 14.6. The van der Waals surface area contributed by atoms with E-state index in [1.165, 1.54) is 12.1 Å². The monoisotopic (exact) mass is 316 g/mol. The fourth-order valence-corrected chi connectivity index (χ4v) is 2.68. The molecule has 1 unspecified atom stereocenters. The number of hydrogen-bond donors (Lipinski definition) is 0. The largest absolute Gasteiger partial charge is 0.207 e. The molecule has 0 nitrogen and oxygen atoms in total. The summed E-state index contributed by atoms with van der Waals surface area (Å²) < 4.78 is 13.3. The normalized spacial score (nSPS) is 12.4. The van der Waals surface area contributed by atoms with E-state index in [0.717, 1.165) is 11.1 Å². The van der Waals surface area contributed by atoms with Gasteiger partial charge in [0.05, 0.1) is 10.0 Å². The van der Waals surface area contributed by atoms with Crippen molar-refractivity contribution in [2.45, 2.75) is 12.3 Å². The molecule has 2 aromatic carbocycles. The number of hydrogen-bond acceptors (Lipinski definition) is 0. The van der Waals surface area contributed by atoms with Gasteiger partial charge in [0, 0.05) is 11.8 Å². The minimum Gasteiger partial charge on any atom is -0.207 e. The smallest absolute Gasteiger partial charge is 0.123 e. The summed E-state index contributed by atoms with van der Waals surface area (Å²) in [5.41, 5.74) is 1.79. The first-order chi connectivity index (χ1) is 9.11. The Bertz CT molecular complexity index is 569. The molecule has 0 saturated carbocycles. The third-order valence-electron chi connectivity index (χ3n) is 3.00. The highest BCUT2D eigenvalue weighted by Gasteiger charge is 2.14. The van der Waals surface area contributed by atoms with Crippen molar-refractivity contribution in [3.8, 4) is 0 Å². The van der Waals surface area contributed by atoms with Gasteiger partial charge in [-0.25, -0.2) is 4.39 Å². The van der Waals surface area contributed by atoms with Crippen LogP contribution in [0.3, 0.4) is 0 Å². The molecule has 0 saturated heterocycles. The van der Waals surface area contributed by atoms with Crippen molar-refractivity contribution >= 4 is 34.8 Å². The van der Waals surface area contributed by atoms with E-state index in [-0.39, 0.29) is 11.7 Å². The highest BCUT2D eigenvalue weighted by Crippen LogP contribution is 2.30. The quantitative estimate of drug-likeness (QED) is 0.635. The van der Waals surface area contributed by atoms with Crippen LogP contribution in [-0.4, -0.2) is 5.88 Å². The van der Waals surface area contributed by atoms with Gasteiger partial charge in [0.25, 0.3) is 0 Å². The molecule has 0 spiro atoms. The third-order valence-corrected chi connectivity index (χ3v) is 4.23. The third kappa shape index (κ3) is 3.62. The van der Waals surface area contributed by atoms with Crippen molar-refractivity contribution < 1.29 is 4.39 Å². The summed E-state index contributed by atoms with van der Waals surface area (Å²) in [6, 6.07) is 12.0. The van der Waals surface area contributed by atoms with Crippen molar-refractivity contribution in [3.63, 3.8) is 0 Å². The van der Waals surface area contributed by atoms with Gasteiger partial charge in [-0.15, -0.1) is 11.6 Å². The molecule has 0 fully saturated rings. The van der Waals surface area contributed by atoms with Crippen LogP contribution in [0.5, 0.6) is 0 Å². The molecule has 100 valence electrons. The van der Waals surface area contributed by atoms with E-state index in [0.29, 0.717) is 22.3 Å². The second-order valence-electron chi connectivity index (χ2n) is 4.32. The van der Waals surface area contributed by atoms with Crippen LogP contribution in [0.25, 0.3) is 0 Å². The van der Waals surface area contributed by atoms with Gasteiger partial charge in [0.15, 0.2) is 0 Å². The predicted molar refractivity (Wildman–Crippen MR) is 80.0 cm³/mol. The highest BCUT2D eigenvalue weighted by atomic mass is 35.5. The molecule has 0 amide bonds. The Morgan fingerprint density at radius 2 is 1.79 bits per heavy atom. The van der Waals surface area contributed by atoms with E-state index in [9.17, 15) is 4.39 Å². The summed E-state index contributed by atoms with van der Waals surface area (Å²) in [6.45, 7) is 0. The molecule has 0 radical (unpaired) electrons. The van der Waals surface area contributed by atoms with Gasteiger partial charge in [-0.1, -0.05) is 47.5 Å². The summed E-state index contributed by atoms with van der Waals surface area (Å²) in [4.78, 5) is 0. The lowest BCUT2D eigenvalue weighted by atomic mass is 9.93. The Labute approximate surface area is 127 Å². The van der Waals surface area contributed by atoms with E-state index in [1.807, 2.05) is 18.2 Å². The number of rotatable bonds is 4. The lowest BCUT2D eigenvalue weighted by molar-refractivity contribution is 0.621. The summed E-state index contributed by atoms with van der Waals surface area (Å²) in [7, 11) is 0. The molecule has 2 aromatic rings. The minimum atomic E-state index is -0.259. The van der Waals surface area contributed by atoms with Gasteiger partial charge < -0.3 is 0 Å². The van der Waals surface area contributed by atoms with Crippen LogP contribution in [0.1, 0.15) is 17.0 Å². The van der Waals surface area contributed by atoms with Crippen molar-refractivity contribution in [2.24, 2.45) is 0 Å². The zero-order valence-electron chi connectivity index (χ0n) is 10.0. The molecule has 1 atom stereocenters. The summed E-state index contributed by atoms with van der Waals surface area (Å²) in [5.74, 6) is 0.143. The lowest BCUT2D eigenvalue weighted by Gasteiger charge is -2.16. The Kier molecular flexibility index (Phi) is 5.09. The summed E-state index contributed by atoms with van der Waals surface area (Å²) in [6.07, 6.45) is 0.631. The molecular formula is C15H12Cl3F. The summed E-state index contributed by atoms with van der Waals surface area (Å²) in [5, 5.41) is 1.06. The maximum atomic E-state index is 13.3. The van der Waals surface area contributed by atoms with Crippen LogP contribution in [0.4, 0.5) is 4.39 Å². The molecular weight excluding hydrogens is 306 g/mol. The van der Waals surface area contributed by atoms with Crippen LogP contribution >= 0.6 is 34.8 Å². The molecule has 0 aliphatic heterocycles. The van der Waals surface area contributed by atoms with Gasteiger partial charge in [0.1, 0.15) is 5.82 Å². The zero-order chi connectivity index (χ0) is 13.8. The Morgan fingerprint density at radius 3 is 2.47 bits per heavy atom. The fourth-order valence-electron chi connectivity index (χ4n) is 1.99. The maximum Gasteiger partial charge on any atom is 0.123 e. The van der Waals surface area contributed by atoms with Crippen molar-refractivity contribution in [2.75, 3.05) is 5.88 Å². The Balaban J connectivity index is 2.26. The summed E-state index contributed by atoms with van der Waals surface area (Å²) >= 11 is 18.1.